The lowest BCUT2D eigenvalue weighted by atomic mass is 9.94. The Hall–Kier alpha value is -2.70. The Bertz CT molecular complexity index is 697. The van der Waals surface area contributed by atoms with Gasteiger partial charge >= 0.3 is 12.0 Å². The largest absolute Gasteiger partial charge is 0.497 e. The number of carbonyl (C=O) groups is 2. The number of ether oxygens (including phenoxy) is 3. The Morgan fingerprint density at radius 2 is 1.96 bits per heavy atom. The molecule has 0 saturated heterocycles. The predicted octanol–water partition coefficient (Wildman–Crippen LogP) is 2.53. The lowest BCUT2D eigenvalue weighted by Crippen LogP contribution is -2.45. The van der Waals surface area contributed by atoms with Crippen LogP contribution in [0.2, 0.25) is 0 Å². The van der Waals surface area contributed by atoms with Crippen LogP contribution in [0, 0.1) is 5.92 Å². The third-order valence-corrected chi connectivity index (χ3v) is 3.78. The molecular weight excluding hydrogens is 324 g/mol. The van der Waals surface area contributed by atoms with Crippen molar-refractivity contribution in [2.24, 2.45) is 5.92 Å². The van der Waals surface area contributed by atoms with E-state index in [2.05, 4.69) is 10.6 Å². The van der Waals surface area contributed by atoms with Gasteiger partial charge in [0.15, 0.2) is 0 Å². The van der Waals surface area contributed by atoms with Crippen molar-refractivity contribution in [1.82, 2.24) is 10.6 Å². The van der Waals surface area contributed by atoms with Gasteiger partial charge in [-0.2, -0.15) is 0 Å². The van der Waals surface area contributed by atoms with Crippen molar-refractivity contribution >= 4 is 12.0 Å². The van der Waals surface area contributed by atoms with Gasteiger partial charge < -0.3 is 24.8 Å². The lowest BCUT2D eigenvalue weighted by Gasteiger charge is -2.29. The fraction of sp³-hybridized carbons (Fsp3) is 0.444. The standard InChI is InChI=1S/C18H24N2O5/c1-10(2)9-25-17(21)15-11(3)19-18(22)20-16(15)13-8-12(23-4)6-7-14(13)24-5/h6-8,10,16H,9H2,1-5H3,(H2,19,20,22)/t16-/m1/s1. The quantitative estimate of drug-likeness (QED) is 0.772. The molecule has 1 aliphatic rings. The molecule has 2 rings (SSSR count). The molecule has 0 unspecified atom stereocenters. The van der Waals surface area contributed by atoms with Crippen LogP contribution in [0.1, 0.15) is 32.4 Å². The minimum absolute atomic E-state index is 0.209. The minimum Gasteiger partial charge on any atom is -0.497 e. The van der Waals surface area contributed by atoms with Crippen molar-refractivity contribution < 1.29 is 23.8 Å². The molecule has 0 saturated carbocycles. The molecular formula is C18H24N2O5. The fourth-order valence-corrected chi connectivity index (χ4v) is 2.58. The molecule has 1 heterocycles. The number of carbonyl (C=O) groups excluding carboxylic acids is 2. The highest BCUT2D eigenvalue weighted by Gasteiger charge is 2.34. The van der Waals surface area contributed by atoms with E-state index in [9.17, 15) is 9.59 Å². The third-order valence-electron chi connectivity index (χ3n) is 3.78. The molecule has 0 fully saturated rings. The Morgan fingerprint density at radius 1 is 1.24 bits per heavy atom. The van der Waals surface area contributed by atoms with Gasteiger partial charge in [0, 0.05) is 11.3 Å². The van der Waals surface area contributed by atoms with E-state index in [1.807, 2.05) is 13.8 Å². The van der Waals surface area contributed by atoms with Gasteiger partial charge in [0.05, 0.1) is 32.4 Å². The van der Waals surface area contributed by atoms with Crippen molar-refractivity contribution in [3.05, 3.63) is 35.0 Å². The van der Waals surface area contributed by atoms with Crippen LogP contribution in [-0.2, 0) is 9.53 Å². The van der Waals surface area contributed by atoms with Crippen LogP contribution >= 0.6 is 0 Å². The van der Waals surface area contributed by atoms with Gasteiger partial charge in [-0.25, -0.2) is 9.59 Å². The second-order valence-corrected chi connectivity index (χ2v) is 6.17. The molecule has 2 amide bonds. The van der Waals surface area contributed by atoms with Crippen LogP contribution < -0.4 is 20.1 Å². The van der Waals surface area contributed by atoms with Crippen LogP contribution in [0.15, 0.2) is 29.5 Å². The molecule has 0 aromatic heterocycles. The Kier molecular flexibility index (Phi) is 5.90. The van der Waals surface area contributed by atoms with E-state index in [1.54, 1.807) is 32.2 Å². The Balaban J connectivity index is 2.47. The molecule has 7 nitrogen and oxygen atoms in total. The number of amides is 2. The molecule has 1 atom stereocenters. The van der Waals surface area contributed by atoms with Crippen molar-refractivity contribution in [2.75, 3.05) is 20.8 Å². The molecule has 0 bridgehead atoms. The van der Waals surface area contributed by atoms with E-state index in [0.717, 1.165) is 0 Å². The van der Waals surface area contributed by atoms with Crippen molar-refractivity contribution in [1.29, 1.82) is 0 Å². The highest BCUT2D eigenvalue weighted by atomic mass is 16.5. The van der Waals surface area contributed by atoms with Crippen LogP contribution in [0.4, 0.5) is 4.79 Å². The fourth-order valence-electron chi connectivity index (χ4n) is 2.58. The van der Waals surface area contributed by atoms with Gasteiger partial charge in [-0.3, -0.25) is 0 Å². The number of allylic oxidation sites excluding steroid dienone is 1. The maximum atomic E-state index is 12.6. The summed E-state index contributed by atoms with van der Waals surface area (Å²) in [6, 6.07) is 4.12. The van der Waals surface area contributed by atoms with Crippen LogP contribution in [-0.4, -0.2) is 32.8 Å². The number of esters is 1. The summed E-state index contributed by atoms with van der Waals surface area (Å²) in [5, 5.41) is 5.38. The first-order chi connectivity index (χ1) is 11.9. The molecule has 0 spiro atoms. The lowest BCUT2D eigenvalue weighted by molar-refractivity contribution is -0.140. The second-order valence-electron chi connectivity index (χ2n) is 6.17. The number of urea groups is 1. The summed E-state index contributed by atoms with van der Waals surface area (Å²) in [5.41, 5.74) is 1.41. The number of nitrogens with one attached hydrogen (secondary N) is 2. The summed E-state index contributed by atoms with van der Waals surface area (Å²) in [5.74, 6) is 0.862. The van der Waals surface area contributed by atoms with E-state index in [-0.39, 0.29) is 5.92 Å². The summed E-state index contributed by atoms with van der Waals surface area (Å²) in [4.78, 5) is 24.6. The highest BCUT2D eigenvalue weighted by Crippen LogP contribution is 2.35. The average molecular weight is 348 g/mol. The van der Waals surface area contributed by atoms with Gasteiger partial charge in [0.25, 0.3) is 0 Å². The SMILES string of the molecule is COc1ccc(OC)c([C@H]2NC(=O)NC(C)=C2C(=O)OCC(C)C)c1. The van der Waals surface area contributed by atoms with Gasteiger partial charge in [-0.05, 0) is 31.0 Å². The number of hydrogen-bond acceptors (Lipinski definition) is 5. The molecule has 0 radical (unpaired) electrons. The van der Waals surface area contributed by atoms with Gasteiger partial charge in [-0.15, -0.1) is 0 Å². The Morgan fingerprint density at radius 3 is 2.56 bits per heavy atom. The van der Waals surface area contributed by atoms with E-state index in [4.69, 9.17) is 14.2 Å². The average Bonchev–Trinajstić information content (AvgIpc) is 2.58. The van der Waals surface area contributed by atoms with Gasteiger partial charge in [-0.1, -0.05) is 13.8 Å². The van der Waals surface area contributed by atoms with E-state index >= 15 is 0 Å². The monoisotopic (exact) mass is 348 g/mol. The van der Waals surface area contributed by atoms with Gasteiger partial charge in [0.2, 0.25) is 0 Å². The first-order valence-electron chi connectivity index (χ1n) is 8.04. The summed E-state index contributed by atoms with van der Waals surface area (Å²) >= 11 is 0. The Labute approximate surface area is 147 Å². The topological polar surface area (TPSA) is 85.9 Å². The van der Waals surface area contributed by atoms with E-state index < -0.39 is 18.0 Å². The maximum absolute atomic E-state index is 12.6. The maximum Gasteiger partial charge on any atom is 0.338 e. The zero-order valence-electron chi connectivity index (χ0n) is 15.1. The molecule has 25 heavy (non-hydrogen) atoms. The zero-order valence-corrected chi connectivity index (χ0v) is 15.1. The van der Waals surface area contributed by atoms with Crippen LogP contribution in [0.25, 0.3) is 0 Å². The van der Waals surface area contributed by atoms with Gasteiger partial charge in [0.1, 0.15) is 11.5 Å². The van der Waals surface area contributed by atoms with Crippen LogP contribution in [0.5, 0.6) is 11.5 Å². The number of methoxy groups -OCH3 is 2. The summed E-state index contributed by atoms with van der Waals surface area (Å²) < 4.78 is 16.0. The number of rotatable bonds is 6. The molecule has 1 aromatic rings. The number of benzene rings is 1. The van der Waals surface area contributed by atoms with Crippen molar-refractivity contribution in [3.8, 4) is 11.5 Å². The summed E-state index contributed by atoms with van der Waals surface area (Å²) in [6.45, 7) is 5.88. The molecule has 7 heteroatoms. The second kappa shape index (κ2) is 7.92. The van der Waals surface area contributed by atoms with Crippen LogP contribution in [0.3, 0.4) is 0 Å². The first kappa shape index (κ1) is 18.6. The van der Waals surface area contributed by atoms with Crippen molar-refractivity contribution in [3.63, 3.8) is 0 Å². The summed E-state index contributed by atoms with van der Waals surface area (Å²) in [6.07, 6.45) is 0. The number of hydrogen-bond donors (Lipinski definition) is 2. The molecule has 2 N–H and O–H groups in total. The zero-order chi connectivity index (χ0) is 18.6. The molecule has 0 aliphatic carbocycles. The smallest absolute Gasteiger partial charge is 0.338 e. The minimum atomic E-state index is -0.696. The molecule has 1 aromatic carbocycles. The molecule has 136 valence electrons. The predicted molar refractivity (Wildman–Crippen MR) is 92.5 cm³/mol. The third kappa shape index (κ3) is 4.23. The van der Waals surface area contributed by atoms with E-state index in [1.165, 1.54) is 7.11 Å². The van der Waals surface area contributed by atoms with Crippen molar-refractivity contribution in [2.45, 2.75) is 26.8 Å². The molecule has 1 aliphatic heterocycles. The first-order valence-corrected chi connectivity index (χ1v) is 8.04. The highest BCUT2D eigenvalue weighted by molar-refractivity contribution is 5.95. The normalized spacial score (nSPS) is 17.0. The summed E-state index contributed by atoms with van der Waals surface area (Å²) in [7, 11) is 3.08. The van der Waals surface area contributed by atoms with E-state index in [0.29, 0.717) is 34.9 Å².